The van der Waals surface area contributed by atoms with Crippen molar-refractivity contribution in [2.45, 2.75) is 32.5 Å². The topological polar surface area (TPSA) is 79.0 Å². The number of hydrogen-bond acceptors (Lipinski definition) is 5. The van der Waals surface area contributed by atoms with E-state index in [0.29, 0.717) is 12.5 Å². The Morgan fingerprint density at radius 2 is 1.90 bits per heavy atom. The van der Waals surface area contributed by atoms with Gasteiger partial charge < -0.3 is 24.9 Å². The number of ether oxygens (including phenoxy) is 1. The first-order chi connectivity index (χ1) is 13.6. The summed E-state index contributed by atoms with van der Waals surface area (Å²) in [5.74, 6) is 3.41. The standard InChI is InChI=1S/C21H31N3O3S.HI/c1-16(2)27-19-8-6-17(7-9-19)20(25)15-24-21(23-12-14-28-3)22-11-10-18-5-4-13-26-18;/h4-9,13,16,20,25H,10-12,14-15H2,1-3H3,(H2,22,23,24);1H. The van der Waals surface area contributed by atoms with Gasteiger partial charge in [0.2, 0.25) is 0 Å². The molecule has 1 unspecified atom stereocenters. The van der Waals surface area contributed by atoms with Crippen molar-refractivity contribution in [1.29, 1.82) is 0 Å². The molecular formula is C21H32IN3O3S. The lowest BCUT2D eigenvalue weighted by Gasteiger charge is -2.14. The molecule has 1 aromatic heterocycles. The average molecular weight is 533 g/mol. The first-order valence-corrected chi connectivity index (χ1v) is 11.0. The van der Waals surface area contributed by atoms with E-state index >= 15 is 0 Å². The van der Waals surface area contributed by atoms with Crippen LogP contribution in [-0.4, -0.2) is 48.8 Å². The van der Waals surface area contributed by atoms with E-state index in [1.165, 1.54) is 0 Å². The molecule has 2 rings (SSSR count). The maximum atomic E-state index is 10.5. The molecule has 0 radical (unpaired) electrons. The molecule has 1 aromatic carbocycles. The Morgan fingerprint density at radius 1 is 1.17 bits per heavy atom. The zero-order valence-electron chi connectivity index (χ0n) is 17.3. The molecule has 0 fully saturated rings. The summed E-state index contributed by atoms with van der Waals surface area (Å²) in [5, 5.41) is 17.1. The SMILES string of the molecule is CSCCNC(=NCC(O)c1ccc(OC(C)C)cc1)NCCc1ccco1.I. The van der Waals surface area contributed by atoms with Gasteiger partial charge in [-0.3, -0.25) is 4.99 Å². The molecule has 3 N–H and O–H groups in total. The molecule has 8 heteroatoms. The van der Waals surface area contributed by atoms with Gasteiger partial charge in [-0.05, 0) is 49.9 Å². The predicted octanol–water partition coefficient (Wildman–Crippen LogP) is 3.86. The molecule has 2 aromatic rings. The van der Waals surface area contributed by atoms with Crippen LogP contribution < -0.4 is 15.4 Å². The summed E-state index contributed by atoms with van der Waals surface area (Å²) in [7, 11) is 0. The largest absolute Gasteiger partial charge is 0.491 e. The monoisotopic (exact) mass is 533 g/mol. The number of benzene rings is 1. The highest BCUT2D eigenvalue weighted by molar-refractivity contribution is 14.0. The van der Waals surface area contributed by atoms with Crippen molar-refractivity contribution >= 4 is 41.7 Å². The first-order valence-electron chi connectivity index (χ1n) is 9.56. The molecule has 0 amide bonds. The number of nitrogens with one attached hydrogen (secondary N) is 2. The minimum Gasteiger partial charge on any atom is -0.491 e. The minimum atomic E-state index is -0.669. The lowest BCUT2D eigenvalue weighted by atomic mass is 10.1. The predicted molar refractivity (Wildman–Crippen MR) is 132 cm³/mol. The van der Waals surface area contributed by atoms with Gasteiger partial charge in [-0.1, -0.05) is 12.1 Å². The number of rotatable bonds is 11. The normalized spacial score (nSPS) is 12.4. The molecule has 0 bridgehead atoms. The molecule has 1 heterocycles. The van der Waals surface area contributed by atoms with Crippen LogP contribution in [0.2, 0.25) is 0 Å². The Labute approximate surface area is 194 Å². The van der Waals surface area contributed by atoms with Gasteiger partial charge in [-0.2, -0.15) is 11.8 Å². The Bertz CT molecular complexity index is 694. The summed E-state index contributed by atoms with van der Waals surface area (Å²) in [6.45, 7) is 5.77. The van der Waals surface area contributed by atoms with Gasteiger partial charge in [-0.25, -0.2) is 0 Å². The average Bonchev–Trinajstić information content (AvgIpc) is 3.19. The molecule has 0 aliphatic carbocycles. The second kappa shape index (κ2) is 14.6. The third-order valence-electron chi connectivity index (χ3n) is 3.90. The lowest BCUT2D eigenvalue weighted by molar-refractivity contribution is 0.186. The minimum absolute atomic E-state index is 0. The number of aliphatic hydroxyl groups is 1. The molecule has 162 valence electrons. The van der Waals surface area contributed by atoms with Crippen LogP contribution in [0.4, 0.5) is 0 Å². The van der Waals surface area contributed by atoms with Gasteiger partial charge in [-0.15, -0.1) is 24.0 Å². The van der Waals surface area contributed by atoms with Crippen LogP contribution in [0, 0.1) is 0 Å². The van der Waals surface area contributed by atoms with E-state index in [1.54, 1.807) is 18.0 Å². The first kappa shape index (κ1) is 25.6. The number of furan rings is 1. The molecule has 29 heavy (non-hydrogen) atoms. The molecule has 0 spiro atoms. The fourth-order valence-corrected chi connectivity index (χ4v) is 2.83. The van der Waals surface area contributed by atoms with Gasteiger partial charge in [0.25, 0.3) is 0 Å². The second-order valence-corrected chi connectivity index (χ2v) is 7.60. The summed E-state index contributed by atoms with van der Waals surface area (Å²) < 4.78 is 11.0. The number of aliphatic imine (C=N–C) groups is 1. The van der Waals surface area contributed by atoms with Crippen molar-refractivity contribution in [3.8, 4) is 5.75 Å². The zero-order valence-corrected chi connectivity index (χ0v) is 20.4. The van der Waals surface area contributed by atoms with Gasteiger partial charge in [0.1, 0.15) is 11.5 Å². The molecular weight excluding hydrogens is 501 g/mol. The number of guanidine groups is 1. The molecule has 1 atom stereocenters. The molecule has 0 saturated heterocycles. The van der Waals surface area contributed by atoms with E-state index in [1.807, 2.05) is 50.2 Å². The third-order valence-corrected chi connectivity index (χ3v) is 4.51. The molecule has 0 aliphatic rings. The van der Waals surface area contributed by atoms with Gasteiger partial charge in [0, 0.05) is 25.3 Å². The van der Waals surface area contributed by atoms with Crippen LogP contribution in [-0.2, 0) is 6.42 Å². The summed E-state index contributed by atoms with van der Waals surface area (Å²) in [4.78, 5) is 4.53. The maximum absolute atomic E-state index is 10.5. The smallest absolute Gasteiger partial charge is 0.191 e. The van der Waals surface area contributed by atoms with E-state index in [4.69, 9.17) is 9.15 Å². The number of aliphatic hydroxyl groups excluding tert-OH is 1. The molecule has 0 aliphatic heterocycles. The summed E-state index contributed by atoms with van der Waals surface area (Å²) in [5.41, 5.74) is 0.818. The van der Waals surface area contributed by atoms with E-state index in [0.717, 1.165) is 35.8 Å². The lowest BCUT2D eigenvalue weighted by Crippen LogP contribution is -2.39. The summed E-state index contributed by atoms with van der Waals surface area (Å²) in [6, 6.07) is 11.3. The van der Waals surface area contributed by atoms with E-state index in [9.17, 15) is 5.11 Å². The van der Waals surface area contributed by atoms with Gasteiger partial charge >= 0.3 is 0 Å². The van der Waals surface area contributed by atoms with E-state index in [2.05, 4.69) is 21.9 Å². The highest BCUT2D eigenvalue weighted by Gasteiger charge is 2.09. The van der Waals surface area contributed by atoms with Crippen LogP contribution in [0.1, 0.15) is 31.3 Å². The van der Waals surface area contributed by atoms with Crippen molar-refractivity contribution in [1.82, 2.24) is 10.6 Å². The third kappa shape index (κ3) is 10.3. The molecule has 0 saturated carbocycles. The van der Waals surface area contributed by atoms with Crippen molar-refractivity contribution < 1.29 is 14.3 Å². The quantitative estimate of drug-likeness (QED) is 0.176. The van der Waals surface area contributed by atoms with Crippen LogP contribution >= 0.6 is 35.7 Å². The van der Waals surface area contributed by atoms with E-state index in [-0.39, 0.29) is 36.6 Å². The fourth-order valence-electron chi connectivity index (χ4n) is 2.53. The van der Waals surface area contributed by atoms with Crippen molar-refractivity contribution in [3.05, 3.63) is 54.0 Å². The van der Waals surface area contributed by atoms with E-state index < -0.39 is 6.10 Å². The second-order valence-electron chi connectivity index (χ2n) is 6.62. The Morgan fingerprint density at radius 3 is 2.52 bits per heavy atom. The Hall–Kier alpha value is -1.39. The number of hydrogen-bond donors (Lipinski definition) is 3. The Kier molecular flexibility index (Phi) is 12.9. The van der Waals surface area contributed by atoms with Gasteiger partial charge in [0.05, 0.1) is 25.0 Å². The highest BCUT2D eigenvalue weighted by atomic mass is 127. The number of halogens is 1. The Balaban J connectivity index is 0.00000420. The van der Waals surface area contributed by atoms with Crippen LogP contribution in [0.3, 0.4) is 0 Å². The maximum Gasteiger partial charge on any atom is 0.191 e. The number of thioether (sulfide) groups is 1. The van der Waals surface area contributed by atoms with Crippen molar-refractivity contribution in [2.75, 3.05) is 31.6 Å². The van der Waals surface area contributed by atoms with Crippen LogP contribution in [0.15, 0.2) is 52.1 Å². The number of nitrogens with zero attached hydrogens (tertiary/aromatic N) is 1. The summed E-state index contributed by atoms with van der Waals surface area (Å²) >= 11 is 1.77. The van der Waals surface area contributed by atoms with Crippen LogP contribution in [0.25, 0.3) is 0 Å². The zero-order chi connectivity index (χ0) is 20.2. The fraction of sp³-hybridized carbons (Fsp3) is 0.476. The summed E-state index contributed by atoms with van der Waals surface area (Å²) in [6.07, 6.45) is 3.98. The van der Waals surface area contributed by atoms with Crippen molar-refractivity contribution in [2.24, 2.45) is 4.99 Å². The highest BCUT2D eigenvalue weighted by Crippen LogP contribution is 2.19. The molecule has 6 nitrogen and oxygen atoms in total. The van der Waals surface area contributed by atoms with Gasteiger partial charge in [0.15, 0.2) is 5.96 Å². The van der Waals surface area contributed by atoms with Crippen molar-refractivity contribution in [3.63, 3.8) is 0 Å². The van der Waals surface area contributed by atoms with Crippen LogP contribution in [0.5, 0.6) is 5.75 Å².